The molecule has 2 aliphatic heterocycles. The topological polar surface area (TPSA) is 19.6 Å². The summed E-state index contributed by atoms with van der Waals surface area (Å²) in [6.07, 6.45) is 7.97. The Kier molecular flexibility index (Phi) is 8.07. The van der Waals surface area contributed by atoms with Crippen LogP contribution in [0.3, 0.4) is 0 Å². The van der Waals surface area contributed by atoms with E-state index in [1.165, 1.54) is 87.0 Å². The molecule has 2 saturated heterocycles. The summed E-state index contributed by atoms with van der Waals surface area (Å²) in [7, 11) is 0. The van der Waals surface area contributed by atoms with Gasteiger partial charge in [-0.2, -0.15) is 0 Å². The molecule has 3 aromatic rings. The third-order valence-corrected chi connectivity index (χ3v) is 6.85. The van der Waals surface area contributed by atoms with Gasteiger partial charge in [-0.1, -0.05) is 73.5 Å². The van der Waals surface area contributed by atoms with Crippen LogP contribution in [-0.4, -0.2) is 36.0 Å². The Labute approximate surface area is 198 Å². The van der Waals surface area contributed by atoms with Gasteiger partial charge in [0.15, 0.2) is 0 Å². The van der Waals surface area contributed by atoms with Gasteiger partial charge in [-0.05, 0) is 51.9 Å². The van der Waals surface area contributed by atoms with Gasteiger partial charge in [0.1, 0.15) is 11.5 Å². The third-order valence-electron chi connectivity index (χ3n) is 6.85. The zero-order valence-electron chi connectivity index (χ0n) is 19.0. The maximum absolute atomic E-state index is 6.75. The van der Waals surface area contributed by atoms with Crippen molar-refractivity contribution >= 4 is 12.4 Å². The Morgan fingerprint density at radius 2 is 0.906 bits per heavy atom. The molecule has 0 saturated carbocycles. The number of benzene rings is 2. The average Bonchev–Trinajstić information content (AvgIpc) is 3.19. The van der Waals surface area contributed by atoms with Crippen LogP contribution >= 0.6 is 12.4 Å². The summed E-state index contributed by atoms with van der Waals surface area (Å²) in [5, 5.41) is 0. The maximum atomic E-state index is 6.75. The largest absolute Gasteiger partial charge is 0.455 e. The summed E-state index contributed by atoms with van der Waals surface area (Å²) >= 11 is 0. The van der Waals surface area contributed by atoms with E-state index in [9.17, 15) is 0 Å². The molecule has 2 aromatic carbocycles. The van der Waals surface area contributed by atoms with Crippen LogP contribution in [0.5, 0.6) is 0 Å². The van der Waals surface area contributed by atoms with Crippen LogP contribution in [0.1, 0.15) is 49.7 Å². The van der Waals surface area contributed by atoms with Gasteiger partial charge in [0.2, 0.25) is 0 Å². The highest BCUT2D eigenvalue weighted by molar-refractivity contribution is 5.85. The minimum absolute atomic E-state index is 0. The predicted octanol–water partition coefficient (Wildman–Crippen LogP) is 7.01. The Balaban J connectivity index is 0.00000245. The van der Waals surface area contributed by atoms with Crippen molar-refractivity contribution in [2.45, 2.75) is 51.6 Å². The molecule has 4 heteroatoms. The lowest BCUT2D eigenvalue weighted by atomic mass is 9.98. The zero-order valence-corrected chi connectivity index (χ0v) is 19.8. The fraction of sp³-hybridized carbons (Fsp3) is 0.429. The van der Waals surface area contributed by atoms with E-state index in [0.717, 1.165) is 24.6 Å². The molecule has 0 aliphatic carbocycles. The van der Waals surface area contributed by atoms with E-state index in [4.69, 9.17) is 4.42 Å². The zero-order chi connectivity index (χ0) is 20.9. The second kappa shape index (κ2) is 11.2. The first-order valence-electron chi connectivity index (χ1n) is 12.1. The second-order valence-corrected chi connectivity index (χ2v) is 9.12. The number of rotatable bonds is 6. The number of hydrogen-bond donors (Lipinski definition) is 0. The van der Waals surface area contributed by atoms with Crippen LogP contribution in [0.2, 0.25) is 0 Å². The molecule has 0 unspecified atom stereocenters. The molecule has 2 fully saturated rings. The highest BCUT2D eigenvalue weighted by Crippen LogP contribution is 2.39. The number of hydrogen-bond acceptors (Lipinski definition) is 3. The lowest BCUT2D eigenvalue weighted by molar-refractivity contribution is 0.210. The smallest absolute Gasteiger partial charge is 0.139 e. The van der Waals surface area contributed by atoms with Gasteiger partial charge in [0.05, 0.1) is 0 Å². The van der Waals surface area contributed by atoms with E-state index in [2.05, 4.69) is 70.5 Å². The molecule has 170 valence electrons. The molecule has 0 N–H and O–H groups in total. The SMILES string of the molecule is Cl.c1ccc(-c2oc(-c3ccccc3)c(CN3CCCCC3)c2CN2CCCCC2)cc1. The molecule has 3 heterocycles. The molecule has 0 atom stereocenters. The van der Waals surface area contributed by atoms with Crippen molar-refractivity contribution in [3.63, 3.8) is 0 Å². The van der Waals surface area contributed by atoms with Gasteiger partial charge in [0.25, 0.3) is 0 Å². The normalized spacial score (nSPS) is 17.8. The van der Waals surface area contributed by atoms with Gasteiger partial charge in [0, 0.05) is 35.3 Å². The van der Waals surface area contributed by atoms with E-state index in [-0.39, 0.29) is 12.4 Å². The molecule has 32 heavy (non-hydrogen) atoms. The summed E-state index contributed by atoms with van der Waals surface area (Å²) in [5.41, 5.74) is 5.18. The van der Waals surface area contributed by atoms with Crippen molar-refractivity contribution in [1.82, 2.24) is 9.80 Å². The fourth-order valence-corrected chi connectivity index (χ4v) is 5.16. The maximum Gasteiger partial charge on any atom is 0.139 e. The highest BCUT2D eigenvalue weighted by atomic mass is 35.5. The molecule has 5 rings (SSSR count). The monoisotopic (exact) mass is 450 g/mol. The van der Waals surface area contributed by atoms with Crippen molar-refractivity contribution in [2.75, 3.05) is 26.2 Å². The van der Waals surface area contributed by atoms with Crippen molar-refractivity contribution < 1.29 is 4.42 Å². The Morgan fingerprint density at radius 3 is 1.28 bits per heavy atom. The van der Waals surface area contributed by atoms with Crippen molar-refractivity contribution in [1.29, 1.82) is 0 Å². The summed E-state index contributed by atoms with van der Waals surface area (Å²) in [6, 6.07) is 21.4. The first-order chi connectivity index (χ1) is 15.4. The molecule has 0 bridgehead atoms. The van der Waals surface area contributed by atoms with Crippen LogP contribution in [-0.2, 0) is 13.1 Å². The van der Waals surface area contributed by atoms with E-state index in [1.54, 1.807) is 0 Å². The van der Waals surface area contributed by atoms with Gasteiger partial charge in [-0.25, -0.2) is 0 Å². The standard InChI is InChI=1S/C28H34N2O.ClH/c1-5-13-23(14-6-1)27-25(21-29-17-9-3-10-18-29)26(22-30-19-11-4-12-20-30)28(31-27)24-15-7-2-8-16-24;/h1-2,5-8,13-16H,3-4,9-12,17-22H2;1H. The molecule has 0 radical (unpaired) electrons. The van der Waals surface area contributed by atoms with Crippen LogP contribution in [0, 0.1) is 0 Å². The summed E-state index contributed by atoms with van der Waals surface area (Å²) < 4.78 is 6.75. The second-order valence-electron chi connectivity index (χ2n) is 9.12. The highest BCUT2D eigenvalue weighted by Gasteiger charge is 2.26. The van der Waals surface area contributed by atoms with E-state index >= 15 is 0 Å². The van der Waals surface area contributed by atoms with Crippen molar-refractivity contribution in [3.05, 3.63) is 71.8 Å². The fourth-order valence-electron chi connectivity index (χ4n) is 5.16. The molecular formula is C28H35ClN2O. The number of nitrogens with zero attached hydrogens (tertiary/aromatic N) is 2. The van der Waals surface area contributed by atoms with E-state index in [0.29, 0.717) is 0 Å². The molecular weight excluding hydrogens is 416 g/mol. The quantitative estimate of drug-likeness (QED) is 0.402. The van der Waals surface area contributed by atoms with Crippen LogP contribution < -0.4 is 0 Å². The summed E-state index contributed by atoms with van der Waals surface area (Å²) in [6.45, 7) is 6.77. The number of likely N-dealkylation sites (tertiary alicyclic amines) is 2. The molecule has 2 aliphatic rings. The summed E-state index contributed by atoms with van der Waals surface area (Å²) in [4.78, 5) is 5.27. The molecule has 1 aromatic heterocycles. The van der Waals surface area contributed by atoms with Crippen LogP contribution in [0.4, 0.5) is 0 Å². The Morgan fingerprint density at radius 1 is 0.531 bits per heavy atom. The van der Waals surface area contributed by atoms with Crippen LogP contribution in [0.15, 0.2) is 65.1 Å². The van der Waals surface area contributed by atoms with E-state index < -0.39 is 0 Å². The third kappa shape index (κ3) is 5.28. The summed E-state index contributed by atoms with van der Waals surface area (Å²) in [5.74, 6) is 2.13. The Hall–Kier alpha value is -2.07. The van der Waals surface area contributed by atoms with Gasteiger partial charge in [-0.15, -0.1) is 12.4 Å². The minimum atomic E-state index is 0. The average molecular weight is 451 g/mol. The van der Waals surface area contributed by atoms with E-state index in [1.807, 2.05) is 0 Å². The number of halogens is 1. The van der Waals surface area contributed by atoms with Gasteiger partial charge in [-0.3, -0.25) is 9.80 Å². The van der Waals surface area contributed by atoms with Gasteiger partial charge >= 0.3 is 0 Å². The van der Waals surface area contributed by atoms with Crippen molar-refractivity contribution in [3.8, 4) is 22.6 Å². The lowest BCUT2D eigenvalue weighted by Gasteiger charge is -2.29. The van der Waals surface area contributed by atoms with Gasteiger partial charge < -0.3 is 4.42 Å². The molecule has 0 spiro atoms. The molecule has 3 nitrogen and oxygen atoms in total. The number of piperidine rings is 2. The number of furan rings is 1. The first kappa shape index (κ1) is 23.1. The minimum Gasteiger partial charge on any atom is -0.455 e. The van der Waals surface area contributed by atoms with Crippen molar-refractivity contribution in [2.24, 2.45) is 0 Å². The molecule has 0 amide bonds. The lowest BCUT2D eigenvalue weighted by Crippen LogP contribution is -2.31. The Bertz CT molecular complexity index is 880. The first-order valence-corrected chi connectivity index (χ1v) is 12.1. The predicted molar refractivity (Wildman–Crippen MR) is 135 cm³/mol. The van der Waals surface area contributed by atoms with Crippen LogP contribution in [0.25, 0.3) is 22.6 Å².